The molecule has 0 aliphatic rings. The number of carboxylic acids is 1. The molecule has 0 aliphatic heterocycles. The number of aromatic carboxylic acids is 1. The van der Waals surface area contributed by atoms with Crippen LogP contribution in [-0.4, -0.2) is 21.0 Å². The molecule has 1 aromatic heterocycles. The van der Waals surface area contributed by atoms with Gasteiger partial charge >= 0.3 is 5.97 Å². The van der Waals surface area contributed by atoms with Crippen molar-refractivity contribution in [1.29, 1.82) is 0 Å². The van der Waals surface area contributed by atoms with Crippen LogP contribution < -0.4 is 0 Å². The van der Waals surface area contributed by atoms with Gasteiger partial charge in [-0.05, 0) is 43.5 Å². The van der Waals surface area contributed by atoms with Crippen LogP contribution in [-0.2, 0) is 6.42 Å². The summed E-state index contributed by atoms with van der Waals surface area (Å²) in [5.41, 5.74) is 2.32. The number of hydrogen-bond donors (Lipinski definition) is 1. The standard InChI is InChI=1S/C18H21ClN2O2/c1-4-11(5-2)16-15(18(22)23)14(6-3)20-17(21-16)12-7-9-13(19)10-8-12/h7-11H,4-6H2,1-3H3,(H,22,23). The summed E-state index contributed by atoms with van der Waals surface area (Å²) in [5, 5.41) is 10.3. The second-order valence-electron chi connectivity index (χ2n) is 5.43. The minimum absolute atomic E-state index is 0.112. The number of nitrogens with zero attached hydrogens (tertiary/aromatic N) is 2. The van der Waals surface area contributed by atoms with E-state index in [4.69, 9.17) is 11.6 Å². The van der Waals surface area contributed by atoms with E-state index < -0.39 is 5.97 Å². The normalized spacial score (nSPS) is 11.0. The highest BCUT2D eigenvalue weighted by Crippen LogP contribution is 2.29. The Morgan fingerprint density at radius 1 is 1.13 bits per heavy atom. The molecule has 1 heterocycles. The van der Waals surface area contributed by atoms with Gasteiger partial charge < -0.3 is 5.11 Å². The van der Waals surface area contributed by atoms with Gasteiger partial charge in [0.05, 0.1) is 11.4 Å². The molecule has 2 aromatic rings. The summed E-state index contributed by atoms with van der Waals surface area (Å²) in [4.78, 5) is 20.8. The Kier molecular flexibility index (Phi) is 5.72. The topological polar surface area (TPSA) is 63.1 Å². The van der Waals surface area contributed by atoms with E-state index >= 15 is 0 Å². The summed E-state index contributed by atoms with van der Waals surface area (Å²) in [5.74, 6) is -0.280. The Labute approximate surface area is 141 Å². The predicted octanol–water partition coefficient (Wildman–Crippen LogP) is 4.96. The average Bonchev–Trinajstić information content (AvgIpc) is 2.55. The van der Waals surface area contributed by atoms with Crippen LogP contribution in [0.1, 0.15) is 61.3 Å². The molecule has 0 amide bonds. The number of hydrogen-bond acceptors (Lipinski definition) is 3. The van der Waals surface area contributed by atoms with Crippen LogP contribution >= 0.6 is 11.6 Å². The smallest absolute Gasteiger partial charge is 0.339 e. The highest BCUT2D eigenvalue weighted by atomic mass is 35.5. The maximum Gasteiger partial charge on any atom is 0.339 e. The minimum atomic E-state index is -0.952. The van der Waals surface area contributed by atoms with Crippen molar-refractivity contribution in [1.82, 2.24) is 9.97 Å². The molecule has 23 heavy (non-hydrogen) atoms. The average molecular weight is 333 g/mol. The lowest BCUT2D eigenvalue weighted by atomic mass is 9.93. The van der Waals surface area contributed by atoms with E-state index in [0.717, 1.165) is 18.4 Å². The third-order valence-electron chi connectivity index (χ3n) is 4.04. The summed E-state index contributed by atoms with van der Waals surface area (Å²) < 4.78 is 0. The molecular formula is C18H21ClN2O2. The Morgan fingerprint density at radius 3 is 2.22 bits per heavy atom. The van der Waals surface area contributed by atoms with Crippen molar-refractivity contribution in [3.05, 3.63) is 46.2 Å². The van der Waals surface area contributed by atoms with Crippen LogP contribution in [0, 0.1) is 0 Å². The third-order valence-corrected chi connectivity index (χ3v) is 4.29. The SMILES string of the molecule is CCc1nc(-c2ccc(Cl)cc2)nc(C(CC)CC)c1C(=O)O. The molecule has 122 valence electrons. The van der Waals surface area contributed by atoms with Crippen LogP contribution in [0.25, 0.3) is 11.4 Å². The van der Waals surface area contributed by atoms with Crippen LogP contribution in [0.4, 0.5) is 0 Å². The van der Waals surface area contributed by atoms with E-state index in [0.29, 0.717) is 28.7 Å². The van der Waals surface area contributed by atoms with Crippen LogP contribution in [0.3, 0.4) is 0 Å². The van der Waals surface area contributed by atoms with Gasteiger partial charge in [0.15, 0.2) is 5.82 Å². The minimum Gasteiger partial charge on any atom is -0.478 e. The van der Waals surface area contributed by atoms with Crippen LogP contribution in [0.5, 0.6) is 0 Å². The quantitative estimate of drug-likeness (QED) is 0.811. The van der Waals surface area contributed by atoms with E-state index in [-0.39, 0.29) is 11.5 Å². The summed E-state index contributed by atoms with van der Waals surface area (Å²) in [6.07, 6.45) is 2.24. The molecule has 0 unspecified atom stereocenters. The molecule has 0 saturated carbocycles. The Hall–Kier alpha value is -1.94. The van der Waals surface area contributed by atoms with Crippen molar-refractivity contribution in [2.24, 2.45) is 0 Å². The highest BCUT2D eigenvalue weighted by Gasteiger charge is 2.24. The molecule has 0 saturated heterocycles. The van der Waals surface area contributed by atoms with Crippen LogP contribution in [0.15, 0.2) is 24.3 Å². The Morgan fingerprint density at radius 2 is 1.74 bits per heavy atom. The maximum absolute atomic E-state index is 11.7. The third kappa shape index (κ3) is 3.70. The summed E-state index contributed by atoms with van der Waals surface area (Å²) in [6, 6.07) is 7.28. The van der Waals surface area contributed by atoms with Crippen molar-refractivity contribution >= 4 is 17.6 Å². The zero-order chi connectivity index (χ0) is 17.0. The fourth-order valence-corrected chi connectivity index (χ4v) is 2.84. The Balaban J connectivity index is 2.68. The lowest BCUT2D eigenvalue weighted by molar-refractivity contribution is 0.0692. The molecule has 0 fully saturated rings. The number of benzene rings is 1. The zero-order valence-corrected chi connectivity index (χ0v) is 14.4. The van der Waals surface area contributed by atoms with Gasteiger partial charge in [-0.15, -0.1) is 0 Å². The van der Waals surface area contributed by atoms with E-state index in [1.54, 1.807) is 12.1 Å². The number of carbonyl (C=O) groups is 1. The number of halogens is 1. The van der Waals surface area contributed by atoms with Gasteiger partial charge in [-0.3, -0.25) is 0 Å². The van der Waals surface area contributed by atoms with E-state index in [1.807, 2.05) is 19.1 Å². The summed E-state index contributed by atoms with van der Waals surface area (Å²) in [7, 11) is 0. The fourth-order valence-electron chi connectivity index (χ4n) is 2.71. The van der Waals surface area contributed by atoms with Gasteiger partial charge in [0, 0.05) is 16.5 Å². The molecule has 1 aromatic carbocycles. The first-order valence-corrected chi connectivity index (χ1v) is 8.29. The second-order valence-corrected chi connectivity index (χ2v) is 5.87. The van der Waals surface area contributed by atoms with Crippen molar-refractivity contribution in [3.63, 3.8) is 0 Å². The molecule has 1 N–H and O–H groups in total. The molecule has 0 aliphatic carbocycles. The van der Waals surface area contributed by atoms with Crippen LogP contribution in [0.2, 0.25) is 5.02 Å². The van der Waals surface area contributed by atoms with E-state index in [2.05, 4.69) is 23.8 Å². The molecule has 0 radical (unpaired) electrons. The number of carboxylic acid groups (broad SMARTS) is 1. The van der Waals surface area contributed by atoms with Gasteiger partial charge in [-0.25, -0.2) is 14.8 Å². The molecule has 5 heteroatoms. The van der Waals surface area contributed by atoms with E-state index in [9.17, 15) is 9.90 Å². The lowest BCUT2D eigenvalue weighted by Gasteiger charge is -2.18. The predicted molar refractivity (Wildman–Crippen MR) is 92.1 cm³/mol. The molecule has 0 spiro atoms. The molecule has 0 atom stereocenters. The number of aromatic nitrogens is 2. The first kappa shape index (κ1) is 17.4. The maximum atomic E-state index is 11.7. The van der Waals surface area contributed by atoms with E-state index in [1.165, 1.54) is 0 Å². The summed E-state index contributed by atoms with van der Waals surface area (Å²) in [6.45, 7) is 6.02. The van der Waals surface area contributed by atoms with Gasteiger partial charge in [0.1, 0.15) is 5.56 Å². The molecule has 4 nitrogen and oxygen atoms in total. The largest absolute Gasteiger partial charge is 0.478 e. The lowest BCUT2D eigenvalue weighted by Crippen LogP contribution is -2.15. The molecule has 2 rings (SSSR count). The highest BCUT2D eigenvalue weighted by molar-refractivity contribution is 6.30. The van der Waals surface area contributed by atoms with Gasteiger partial charge in [-0.1, -0.05) is 32.4 Å². The first-order chi connectivity index (χ1) is 11.0. The van der Waals surface area contributed by atoms with Gasteiger partial charge in [-0.2, -0.15) is 0 Å². The number of aryl methyl sites for hydroxylation is 1. The summed E-state index contributed by atoms with van der Waals surface area (Å²) >= 11 is 5.93. The van der Waals surface area contributed by atoms with Gasteiger partial charge in [0.25, 0.3) is 0 Å². The first-order valence-electron chi connectivity index (χ1n) is 7.91. The van der Waals surface area contributed by atoms with Crippen molar-refractivity contribution in [2.75, 3.05) is 0 Å². The fraction of sp³-hybridized carbons (Fsp3) is 0.389. The van der Waals surface area contributed by atoms with Crippen molar-refractivity contribution in [2.45, 2.75) is 46.0 Å². The van der Waals surface area contributed by atoms with Crippen molar-refractivity contribution < 1.29 is 9.90 Å². The monoisotopic (exact) mass is 332 g/mol. The Bertz CT molecular complexity index is 695. The molecular weight excluding hydrogens is 312 g/mol. The zero-order valence-electron chi connectivity index (χ0n) is 13.6. The van der Waals surface area contributed by atoms with Gasteiger partial charge in [0.2, 0.25) is 0 Å². The molecule has 0 bridgehead atoms. The second kappa shape index (κ2) is 7.55. The number of rotatable bonds is 6. The van der Waals surface area contributed by atoms with Crippen molar-refractivity contribution in [3.8, 4) is 11.4 Å².